The molecule has 0 aliphatic carbocycles. The summed E-state index contributed by atoms with van der Waals surface area (Å²) in [6, 6.07) is 6.59. The molecular weight excluding hydrogens is 222 g/mol. The maximum absolute atomic E-state index is 10.9. The summed E-state index contributed by atoms with van der Waals surface area (Å²) >= 11 is 0. The Balaban J connectivity index is 2.34. The quantitative estimate of drug-likeness (QED) is 0.702. The number of amides is 1. The highest BCUT2D eigenvalue weighted by molar-refractivity contribution is 5.93. The number of carbonyl (C=O) groups is 2. The van der Waals surface area contributed by atoms with Gasteiger partial charge in [-0.3, -0.25) is 9.59 Å². The van der Waals surface area contributed by atoms with Gasteiger partial charge in [-0.15, -0.1) is 0 Å². The van der Waals surface area contributed by atoms with Crippen LogP contribution in [0.4, 0.5) is 0 Å². The molecule has 0 unspecified atom stereocenters. The van der Waals surface area contributed by atoms with Gasteiger partial charge in [0.15, 0.2) is 0 Å². The van der Waals surface area contributed by atoms with Crippen LogP contribution >= 0.6 is 0 Å². The van der Waals surface area contributed by atoms with Gasteiger partial charge >= 0.3 is 5.97 Å². The van der Waals surface area contributed by atoms with Crippen LogP contribution < -0.4 is 10.5 Å². The van der Waals surface area contributed by atoms with Gasteiger partial charge in [0.1, 0.15) is 5.75 Å². The molecule has 0 saturated heterocycles. The fourth-order valence-corrected chi connectivity index (χ4v) is 1.31. The number of aliphatic carboxylic acids is 1. The zero-order chi connectivity index (χ0) is 12.7. The number of hydrogen-bond acceptors (Lipinski definition) is 3. The molecule has 0 bridgehead atoms. The van der Waals surface area contributed by atoms with Gasteiger partial charge in [-0.2, -0.15) is 0 Å². The predicted octanol–water partition coefficient (Wildman–Crippen LogP) is 1.42. The molecule has 1 aromatic rings. The second-order valence-corrected chi connectivity index (χ2v) is 3.59. The Labute approximate surface area is 99.2 Å². The highest BCUT2D eigenvalue weighted by Gasteiger charge is 2.02. The average Bonchev–Trinajstić information content (AvgIpc) is 2.28. The van der Waals surface area contributed by atoms with Gasteiger partial charge in [-0.25, -0.2) is 0 Å². The molecule has 0 radical (unpaired) electrons. The lowest BCUT2D eigenvalue weighted by atomic mass is 10.2. The van der Waals surface area contributed by atoms with Gasteiger partial charge in [0, 0.05) is 12.0 Å². The van der Waals surface area contributed by atoms with Crippen LogP contribution in [0.25, 0.3) is 0 Å². The standard InChI is InChI=1S/C12H15NO4/c13-12(16)9-4-3-5-10(8-9)17-7-2-1-6-11(14)15/h3-5,8H,1-2,6-7H2,(H2,13,16)(H,14,15). The number of primary amides is 1. The Morgan fingerprint density at radius 3 is 2.71 bits per heavy atom. The molecule has 0 saturated carbocycles. The van der Waals surface area contributed by atoms with Crippen LogP contribution in [0.15, 0.2) is 24.3 Å². The Kier molecular flexibility index (Phi) is 5.00. The van der Waals surface area contributed by atoms with E-state index in [1.807, 2.05) is 0 Å². The maximum atomic E-state index is 10.9. The highest BCUT2D eigenvalue weighted by atomic mass is 16.5. The summed E-state index contributed by atoms with van der Waals surface area (Å²) in [5.41, 5.74) is 5.53. The van der Waals surface area contributed by atoms with Crippen LogP contribution in [-0.2, 0) is 4.79 Å². The highest BCUT2D eigenvalue weighted by Crippen LogP contribution is 2.13. The Hall–Kier alpha value is -2.04. The van der Waals surface area contributed by atoms with Gasteiger partial charge in [-0.05, 0) is 31.0 Å². The van der Waals surface area contributed by atoms with Crippen LogP contribution in [0.3, 0.4) is 0 Å². The van der Waals surface area contributed by atoms with Crippen molar-refractivity contribution in [2.24, 2.45) is 5.73 Å². The minimum Gasteiger partial charge on any atom is -0.494 e. The van der Waals surface area contributed by atoms with Gasteiger partial charge in [0.05, 0.1) is 6.61 Å². The minimum absolute atomic E-state index is 0.144. The molecule has 5 nitrogen and oxygen atoms in total. The first kappa shape index (κ1) is 13.0. The number of hydrogen-bond donors (Lipinski definition) is 2. The van der Waals surface area contributed by atoms with E-state index in [-0.39, 0.29) is 6.42 Å². The Morgan fingerprint density at radius 2 is 2.06 bits per heavy atom. The van der Waals surface area contributed by atoms with Gasteiger partial charge in [-0.1, -0.05) is 6.07 Å². The first-order valence-electron chi connectivity index (χ1n) is 5.34. The zero-order valence-electron chi connectivity index (χ0n) is 9.39. The fraction of sp³-hybridized carbons (Fsp3) is 0.333. The monoisotopic (exact) mass is 237 g/mol. The van der Waals surface area contributed by atoms with Crippen molar-refractivity contribution in [3.8, 4) is 5.75 Å². The topological polar surface area (TPSA) is 89.6 Å². The number of carboxylic acid groups (broad SMARTS) is 1. The molecule has 1 rings (SSSR count). The van der Waals surface area contributed by atoms with E-state index in [0.29, 0.717) is 30.8 Å². The van der Waals surface area contributed by atoms with E-state index in [4.69, 9.17) is 15.6 Å². The van der Waals surface area contributed by atoms with Crippen molar-refractivity contribution >= 4 is 11.9 Å². The lowest BCUT2D eigenvalue weighted by molar-refractivity contribution is -0.137. The smallest absolute Gasteiger partial charge is 0.303 e. The summed E-state index contributed by atoms with van der Waals surface area (Å²) < 4.78 is 5.38. The molecular formula is C12H15NO4. The number of benzene rings is 1. The molecule has 1 aromatic carbocycles. The molecule has 0 heterocycles. The molecule has 17 heavy (non-hydrogen) atoms. The van der Waals surface area contributed by atoms with Crippen molar-refractivity contribution in [3.63, 3.8) is 0 Å². The second-order valence-electron chi connectivity index (χ2n) is 3.59. The molecule has 0 aliphatic rings. The molecule has 0 spiro atoms. The Morgan fingerprint density at radius 1 is 1.29 bits per heavy atom. The van der Waals surface area contributed by atoms with Crippen LogP contribution in [0.2, 0.25) is 0 Å². The molecule has 0 atom stereocenters. The van der Waals surface area contributed by atoms with Gasteiger partial charge in [0.25, 0.3) is 0 Å². The van der Waals surface area contributed by atoms with Crippen molar-refractivity contribution in [1.29, 1.82) is 0 Å². The summed E-state index contributed by atoms with van der Waals surface area (Å²) in [6.07, 6.45) is 1.38. The lowest BCUT2D eigenvalue weighted by Gasteiger charge is -2.06. The summed E-state index contributed by atoms with van der Waals surface area (Å²) in [5, 5.41) is 8.44. The average molecular weight is 237 g/mol. The van der Waals surface area contributed by atoms with Crippen molar-refractivity contribution in [2.45, 2.75) is 19.3 Å². The molecule has 3 N–H and O–H groups in total. The predicted molar refractivity (Wildman–Crippen MR) is 61.9 cm³/mol. The maximum Gasteiger partial charge on any atom is 0.303 e. The van der Waals surface area contributed by atoms with E-state index >= 15 is 0 Å². The lowest BCUT2D eigenvalue weighted by Crippen LogP contribution is -2.10. The fourth-order valence-electron chi connectivity index (χ4n) is 1.31. The molecule has 0 fully saturated rings. The van der Waals surface area contributed by atoms with E-state index in [0.717, 1.165) is 0 Å². The first-order valence-corrected chi connectivity index (χ1v) is 5.34. The van der Waals surface area contributed by atoms with E-state index < -0.39 is 11.9 Å². The number of rotatable bonds is 7. The summed E-state index contributed by atoms with van der Waals surface area (Å²) in [7, 11) is 0. The summed E-state index contributed by atoms with van der Waals surface area (Å²) in [6.45, 7) is 0.426. The van der Waals surface area contributed by atoms with Crippen molar-refractivity contribution < 1.29 is 19.4 Å². The van der Waals surface area contributed by atoms with Crippen molar-refractivity contribution in [3.05, 3.63) is 29.8 Å². The SMILES string of the molecule is NC(=O)c1cccc(OCCCCC(=O)O)c1. The van der Waals surface area contributed by atoms with E-state index in [1.165, 1.54) is 0 Å². The van der Waals surface area contributed by atoms with Gasteiger partial charge in [0.2, 0.25) is 5.91 Å². The number of nitrogens with two attached hydrogens (primary N) is 1. The van der Waals surface area contributed by atoms with E-state index in [9.17, 15) is 9.59 Å². The van der Waals surface area contributed by atoms with Crippen LogP contribution in [0, 0.1) is 0 Å². The number of unbranched alkanes of at least 4 members (excludes halogenated alkanes) is 1. The summed E-state index contributed by atoms with van der Waals surface area (Å²) in [4.78, 5) is 21.2. The number of carbonyl (C=O) groups excluding carboxylic acids is 1. The van der Waals surface area contributed by atoms with Crippen LogP contribution in [0.5, 0.6) is 5.75 Å². The Bertz CT molecular complexity index is 403. The third kappa shape index (κ3) is 5.01. The third-order valence-electron chi connectivity index (χ3n) is 2.17. The van der Waals surface area contributed by atoms with Crippen LogP contribution in [-0.4, -0.2) is 23.6 Å². The molecule has 0 aliphatic heterocycles. The second kappa shape index (κ2) is 6.52. The number of ether oxygens (including phenoxy) is 1. The zero-order valence-corrected chi connectivity index (χ0v) is 9.39. The largest absolute Gasteiger partial charge is 0.494 e. The van der Waals surface area contributed by atoms with Gasteiger partial charge < -0.3 is 15.6 Å². The molecule has 5 heteroatoms. The normalized spacial score (nSPS) is 9.88. The van der Waals surface area contributed by atoms with Crippen molar-refractivity contribution in [2.75, 3.05) is 6.61 Å². The molecule has 0 aromatic heterocycles. The minimum atomic E-state index is -0.805. The molecule has 92 valence electrons. The number of carboxylic acids is 1. The summed E-state index contributed by atoms with van der Waals surface area (Å²) in [5.74, 6) is -0.737. The van der Waals surface area contributed by atoms with Crippen molar-refractivity contribution in [1.82, 2.24) is 0 Å². The van der Waals surface area contributed by atoms with E-state index in [2.05, 4.69) is 0 Å². The molecule has 1 amide bonds. The van der Waals surface area contributed by atoms with Crippen LogP contribution in [0.1, 0.15) is 29.6 Å². The third-order valence-corrected chi connectivity index (χ3v) is 2.17. The van der Waals surface area contributed by atoms with E-state index in [1.54, 1.807) is 24.3 Å². The first-order chi connectivity index (χ1) is 8.09.